The zero-order valence-electron chi connectivity index (χ0n) is 9.28. The largest absolute Gasteiger partial charge is 0.486 e. The standard InChI is InChI=1S/C10H8ClF3O4S/c11-19(15,16)9(10(12,13)14)6-1-2-7-8(5-6)18-4-3-17-7/h1-2,5,9H,3-4H2. The maximum atomic E-state index is 12.8. The van der Waals surface area contributed by atoms with Crippen LogP contribution in [0.1, 0.15) is 10.8 Å². The van der Waals surface area contributed by atoms with Crippen molar-refractivity contribution < 1.29 is 31.1 Å². The number of benzene rings is 1. The highest BCUT2D eigenvalue weighted by Gasteiger charge is 2.49. The molecule has 9 heteroatoms. The predicted molar refractivity (Wildman–Crippen MR) is 61.0 cm³/mol. The summed E-state index contributed by atoms with van der Waals surface area (Å²) in [7, 11) is 0.0303. The molecule has 0 aliphatic carbocycles. The maximum Gasteiger partial charge on any atom is 0.410 e. The van der Waals surface area contributed by atoms with Crippen LogP contribution in [0.2, 0.25) is 0 Å². The van der Waals surface area contributed by atoms with Gasteiger partial charge in [-0.15, -0.1) is 0 Å². The van der Waals surface area contributed by atoms with Gasteiger partial charge in [-0.05, 0) is 17.7 Å². The van der Waals surface area contributed by atoms with Crippen molar-refractivity contribution in [3.05, 3.63) is 23.8 Å². The summed E-state index contributed by atoms with van der Waals surface area (Å²) >= 11 is 0. The molecule has 0 spiro atoms. The number of halogens is 4. The smallest absolute Gasteiger partial charge is 0.410 e. The third kappa shape index (κ3) is 3.06. The highest BCUT2D eigenvalue weighted by Crippen LogP contribution is 2.43. The Labute approximate surface area is 111 Å². The van der Waals surface area contributed by atoms with E-state index in [4.69, 9.17) is 20.2 Å². The number of hydrogen-bond acceptors (Lipinski definition) is 4. The van der Waals surface area contributed by atoms with Crippen LogP contribution < -0.4 is 9.47 Å². The molecular formula is C10H8ClF3O4S. The van der Waals surface area contributed by atoms with E-state index in [0.717, 1.165) is 12.1 Å². The average molecular weight is 317 g/mol. The Morgan fingerprint density at radius 3 is 2.26 bits per heavy atom. The van der Waals surface area contributed by atoms with E-state index >= 15 is 0 Å². The molecule has 0 bridgehead atoms. The molecule has 0 fully saturated rings. The minimum absolute atomic E-state index is 0.0679. The van der Waals surface area contributed by atoms with E-state index in [0.29, 0.717) is 0 Å². The number of rotatable bonds is 2. The Kier molecular flexibility index (Phi) is 3.57. The Morgan fingerprint density at radius 2 is 1.74 bits per heavy atom. The van der Waals surface area contributed by atoms with Gasteiger partial charge in [0.15, 0.2) is 16.7 Å². The van der Waals surface area contributed by atoms with Crippen molar-refractivity contribution >= 4 is 19.7 Å². The van der Waals surface area contributed by atoms with Crippen molar-refractivity contribution in [1.29, 1.82) is 0 Å². The highest BCUT2D eigenvalue weighted by atomic mass is 35.7. The first kappa shape index (κ1) is 14.3. The molecule has 0 saturated carbocycles. The van der Waals surface area contributed by atoms with Crippen molar-refractivity contribution in [3.8, 4) is 11.5 Å². The van der Waals surface area contributed by atoms with Gasteiger partial charge in [0, 0.05) is 10.7 Å². The van der Waals surface area contributed by atoms with Crippen molar-refractivity contribution in [3.63, 3.8) is 0 Å². The normalized spacial score (nSPS) is 17.1. The number of hydrogen-bond donors (Lipinski definition) is 0. The molecule has 1 aromatic rings. The molecule has 4 nitrogen and oxygen atoms in total. The van der Waals surface area contributed by atoms with E-state index in [9.17, 15) is 21.6 Å². The summed E-state index contributed by atoms with van der Waals surface area (Å²) in [6.45, 7) is 0.462. The quantitative estimate of drug-likeness (QED) is 0.787. The summed E-state index contributed by atoms with van der Waals surface area (Å²) in [6, 6.07) is 3.21. The lowest BCUT2D eigenvalue weighted by atomic mass is 10.1. The Balaban J connectivity index is 2.49. The Morgan fingerprint density at radius 1 is 1.16 bits per heavy atom. The first-order valence-electron chi connectivity index (χ1n) is 5.09. The zero-order chi connectivity index (χ0) is 14.3. The third-order valence-corrected chi connectivity index (χ3v) is 4.08. The van der Waals surface area contributed by atoms with Crippen LogP contribution in [0, 0.1) is 0 Å². The van der Waals surface area contributed by atoms with Gasteiger partial charge in [-0.2, -0.15) is 13.2 Å². The van der Waals surface area contributed by atoms with Gasteiger partial charge in [-0.3, -0.25) is 0 Å². The fourth-order valence-electron chi connectivity index (χ4n) is 1.73. The van der Waals surface area contributed by atoms with Crippen molar-refractivity contribution in [2.24, 2.45) is 0 Å². The molecule has 0 radical (unpaired) electrons. The van der Waals surface area contributed by atoms with Crippen LogP contribution in [-0.2, 0) is 9.05 Å². The molecule has 1 atom stereocenters. The van der Waals surface area contributed by atoms with Gasteiger partial charge >= 0.3 is 6.18 Å². The molecule has 1 aliphatic rings. The van der Waals surface area contributed by atoms with Crippen molar-refractivity contribution in [2.45, 2.75) is 11.4 Å². The molecule has 1 aromatic carbocycles. The minimum Gasteiger partial charge on any atom is -0.486 e. The molecular weight excluding hydrogens is 309 g/mol. The van der Waals surface area contributed by atoms with Crippen LogP contribution in [-0.4, -0.2) is 27.8 Å². The maximum absolute atomic E-state index is 12.8. The van der Waals surface area contributed by atoms with Crippen LogP contribution >= 0.6 is 10.7 Å². The number of fused-ring (bicyclic) bond motifs is 1. The van der Waals surface area contributed by atoms with Crippen LogP contribution in [0.3, 0.4) is 0 Å². The molecule has 0 saturated heterocycles. The van der Waals surface area contributed by atoms with Crippen molar-refractivity contribution in [1.82, 2.24) is 0 Å². The molecule has 106 valence electrons. The fraction of sp³-hybridized carbons (Fsp3) is 0.400. The molecule has 2 rings (SSSR count). The van der Waals surface area contributed by atoms with E-state index < -0.39 is 26.0 Å². The van der Waals surface area contributed by atoms with Gasteiger partial charge in [0.2, 0.25) is 9.05 Å². The lowest BCUT2D eigenvalue weighted by Crippen LogP contribution is -2.26. The summed E-state index contributed by atoms with van der Waals surface area (Å²) in [5.41, 5.74) is -0.508. The van der Waals surface area contributed by atoms with E-state index in [2.05, 4.69) is 0 Å². The first-order valence-corrected chi connectivity index (χ1v) is 7.46. The van der Waals surface area contributed by atoms with E-state index in [1.807, 2.05) is 0 Å². The molecule has 0 aromatic heterocycles. The first-order chi connectivity index (χ1) is 8.69. The van der Waals surface area contributed by atoms with Crippen molar-refractivity contribution in [2.75, 3.05) is 13.2 Å². The van der Waals surface area contributed by atoms with Crippen LogP contribution in [0.5, 0.6) is 11.5 Å². The minimum atomic E-state index is -5.01. The fourth-order valence-corrected chi connectivity index (χ4v) is 3.14. The summed E-state index contributed by atoms with van der Waals surface area (Å²) in [5, 5.41) is -2.79. The van der Waals surface area contributed by atoms with Gasteiger partial charge in [0.25, 0.3) is 0 Å². The summed E-state index contributed by atoms with van der Waals surface area (Å²) in [5.74, 6) is 0.334. The number of alkyl halides is 3. The summed E-state index contributed by atoms with van der Waals surface area (Å²) in [4.78, 5) is 0. The van der Waals surface area contributed by atoms with Gasteiger partial charge in [0.05, 0.1) is 0 Å². The summed E-state index contributed by atoms with van der Waals surface area (Å²) < 4.78 is 70.9. The second-order valence-electron chi connectivity index (χ2n) is 3.80. The molecule has 1 aliphatic heterocycles. The average Bonchev–Trinajstić information content (AvgIpc) is 2.25. The predicted octanol–water partition coefficient (Wildman–Crippen LogP) is 2.63. The van der Waals surface area contributed by atoms with Crippen LogP contribution in [0.15, 0.2) is 18.2 Å². The topological polar surface area (TPSA) is 52.6 Å². The van der Waals surface area contributed by atoms with E-state index in [-0.39, 0.29) is 24.7 Å². The SMILES string of the molecule is O=S(=O)(Cl)C(c1ccc2c(c1)OCCO2)C(F)(F)F. The van der Waals surface area contributed by atoms with Gasteiger partial charge < -0.3 is 9.47 Å². The summed E-state index contributed by atoms with van der Waals surface area (Å²) in [6.07, 6.45) is -5.01. The van der Waals surface area contributed by atoms with E-state index in [1.165, 1.54) is 6.07 Å². The van der Waals surface area contributed by atoms with Gasteiger partial charge in [-0.25, -0.2) is 8.42 Å². The Hall–Kier alpha value is -1.15. The zero-order valence-corrected chi connectivity index (χ0v) is 10.8. The highest BCUT2D eigenvalue weighted by molar-refractivity contribution is 8.14. The Bertz CT molecular complexity index is 585. The van der Waals surface area contributed by atoms with Gasteiger partial charge in [0.1, 0.15) is 13.2 Å². The van der Waals surface area contributed by atoms with Crippen LogP contribution in [0.4, 0.5) is 13.2 Å². The van der Waals surface area contributed by atoms with Gasteiger partial charge in [-0.1, -0.05) is 6.07 Å². The second-order valence-corrected chi connectivity index (χ2v) is 6.51. The lowest BCUT2D eigenvalue weighted by Gasteiger charge is -2.22. The second kappa shape index (κ2) is 4.75. The van der Waals surface area contributed by atoms with E-state index in [1.54, 1.807) is 0 Å². The third-order valence-electron chi connectivity index (χ3n) is 2.45. The van der Waals surface area contributed by atoms with Crippen LogP contribution in [0.25, 0.3) is 0 Å². The number of ether oxygens (including phenoxy) is 2. The monoisotopic (exact) mass is 316 g/mol. The lowest BCUT2D eigenvalue weighted by molar-refractivity contribution is -0.131. The molecule has 19 heavy (non-hydrogen) atoms. The molecule has 0 N–H and O–H groups in total. The molecule has 1 heterocycles. The molecule has 1 unspecified atom stereocenters. The molecule has 0 amide bonds.